The number of rotatable bonds is 2. The molecule has 4 nitrogen and oxygen atoms in total. The van der Waals surface area contributed by atoms with Crippen LogP contribution in [-0.4, -0.2) is 30.0 Å². The third kappa shape index (κ3) is 3.15. The van der Waals surface area contributed by atoms with Crippen molar-refractivity contribution in [2.24, 2.45) is 10.9 Å². The SMILES string of the molecule is O=C(NC1=N[C@@]2(c3ccccc3F)CCOCC2CS1)c1ccccc1. The summed E-state index contributed by atoms with van der Waals surface area (Å²) in [6, 6.07) is 15.8. The monoisotopic (exact) mass is 370 g/mol. The molecule has 6 heteroatoms. The summed E-state index contributed by atoms with van der Waals surface area (Å²) in [5, 5.41) is 3.43. The molecular weight excluding hydrogens is 351 g/mol. The van der Waals surface area contributed by atoms with E-state index in [2.05, 4.69) is 5.32 Å². The quantitative estimate of drug-likeness (QED) is 0.879. The number of benzene rings is 2. The molecule has 2 aromatic rings. The standard InChI is InChI=1S/C20H19FN2O2S/c21-17-9-5-4-8-16(17)20-10-11-25-12-15(20)13-26-19(23-20)22-18(24)14-6-2-1-3-7-14/h1-9,15H,10-13H2,(H,22,23,24)/t15?,20-/m0/s1. The Labute approximate surface area is 155 Å². The van der Waals surface area contributed by atoms with Gasteiger partial charge in [0.15, 0.2) is 5.17 Å². The second-order valence-corrected chi connectivity index (χ2v) is 7.48. The molecule has 2 heterocycles. The van der Waals surface area contributed by atoms with E-state index in [1.807, 2.05) is 24.3 Å². The van der Waals surface area contributed by atoms with E-state index in [4.69, 9.17) is 9.73 Å². The van der Waals surface area contributed by atoms with Crippen molar-refractivity contribution in [2.75, 3.05) is 19.0 Å². The third-order valence-corrected chi connectivity index (χ3v) is 5.98. The minimum Gasteiger partial charge on any atom is -0.381 e. The van der Waals surface area contributed by atoms with Crippen LogP contribution in [0.3, 0.4) is 0 Å². The molecule has 1 fully saturated rings. The van der Waals surface area contributed by atoms with Crippen molar-refractivity contribution in [3.05, 3.63) is 71.5 Å². The molecular formula is C20H19FN2O2S. The lowest BCUT2D eigenvalue weighted by Crippen LogP contribution is -2.48. The molecule has 1 saturated heterocycles. The van der Waals surface area contributed by atoms with E-state index in [0.29, 0.717) is 35.9 Å². The average molecular weight is 370 g/mol. The molecule has 0 aliphatic carbocycles. The van der Waals surface area contributed by atoms with Gasteiger partial charge in [0.05, 0.1) is 12.1 Å². The molecule has 4 rings (SSSR count). The number of hydrogen-bond donors (Lipinski definition) is 1. The predicted molar refractivity (Wildman–Crippen MR) is 101 cm³/mol. The van der Waals surface area contributed by atoms with Crippen LogP contribution in [0.25, 0.3) is 0 Å². The first-order valence-corrected chi connectivity index (χ1v) is 9.59. The highest BCUT2D eigenvalue weighted by Crippen LogP contribution is 2.46. The van der Waals surface area contributed by atoms with E-state index in [0.717, 1.165) is 5.75 Å². The van der Waals surface area contributed by atoms with Crippen LogP contribution in [0.2, 0.25) is 0 Å². The summed E-state index contributed by atoms with van der Waals surface area (Å²) in [7, 11) is 0. The van der Waals surface area contributed by atoms with Crippen molar-refractivity contribution >= 4 is 22.8 Å². The van der Waals surface area contributed by atoms with Gasteiger partial charge in [0, 0.05) is 35.8 Å². The average Bonchev–Trinajstić information content (AvgIpc) is 2.68. The van der Waals surface area contributed by atoms with Crippen molar-refractivity contribution in [1.29, 1.82) is 0 Å². The van der Waals surface area contributed by atoms with Gasteiger partial charge in [-0.25, -0.2) is 4.39 Å². The van der Waals surface area contributed by atoms with Crippen molar-refractivity contribution in [1.82, 2.24) is 5.32 Å². The Bertz CT molecular complexity index is 843. The highest BCUT2D eigenvalue weighted by atomic mass is 32.2. The van der Waals surface area contributed by atoms with Gasteiger partial charge < -0.3 is 10.1 Å². The Kier molecular flexibility index (Phi) is 4.78. The Morgan fingerprint density at radius 2 is 1.96 bits per heavy atom. The van der Waals surface area contributed by atoms with Crippen LogP contribution >= 0.6 is 11.8 Å². The number of hydrogen-bond acceptors (Lipinski definition) is 4. The largest absolute Gasteiger partial charge is 0.381 e. The third-order valence-electron chi connectivity index (χ3n) is 4.94. The van der Waals surface area contributed by atoms with Gasteiger partial charge >= 0.3 is 0 Å². The topological polar surface area (TPSA) is 50.7 Å². The smallest absolute Gasteiger partial charge is 0.257 e. The lowest BCUT2D eigenvalue weighted by molar-refractivity contribution is 0.00876. The molecule has 0 radical (unpaired) electrons. The van der Waals surface area contributed by atoms with Crippen LogP contribution in [0, 0.1) is 11.7 Å². The van der Waals surface area contributed by atoms with E-state index in [9.17, 15) is 9.18 Å². The first-order valence-electron chi connectivity index (χ1n) is 8.61. The highest BCUT2D eigenvalue weighted by molar-refractivity contribution is 8.13. The molecule has 2 aliphatic heterocycles. The Morgan fingerprint density at radius 1 is 1.19 bits per heavy atom. The van der Waals surface area contributed by atoms with Crippen molar-refractivity contribution in [3.63, 3.8) is 0 Å². The fourth-order valence-electron chi connectivity index (χ4n) is 3.57. The summed E-state index contributed by atoms with van der Waals surface area (Å²) >= 11 is 1.49. The summed E-state index contributed by atoms with van der Waals surface area (Å²) in [5.74, 6) is 0.341. The number of fused-ring (bicyclic) bond motifs is 1. The second kappa shape index (κ2) is 7.21. The Hall–Kier alpha value is -2.18. The molecule has 0 spiro atoms. The van der Waals surface area contributed by atoms with Gasteiger partial charge in [-0.05, 0) is 18.2 Å². The number of amidine groups is 1. The van der Waals surface area contributed by atoms with Gasteiger partial charge in [-0.2, -0.15) is 0 Å². The molecule has 134 valence electrons. The van der Waals surface area contributed by atoms with Gasteiger partial charge in [-0.3, -0.25) is 9.79 Å². The number of amides is 1. The van der Waals surface area contributed by atoms with Crippen LogP contribution < -0.4 is 5.32 Å². The van der Waals surface area contributed by atoms with Gasteiger partial charge in [-0.15, -0.1) is 0 Å². The number of halogens is 1. The summed E-state index contributed by atoms with van der Waals surface area (Å²) in [4.78, 5) is 17.3. The Balaban J connectivity index is 1.69. The number of nitrogens with one attached hydrogen (secondary N) is 1. The predicted octanol–water partition coefficient (Wildman–Crippen LogP) is 3.59. The molecule has 1 amide bonds. The van der Waals surface area contributed by atoms with E-state index in [1.54, 1.807) is 24.3 Å². The van der Waals surface area contributed by atoms with Crippen LogP contribution in [0.1, 0.15) is 22.3 Å². The fraction of sp³-hybridized carbons (Fsp3) is 0.300. The lowest BCUT2D eigenvalue weighted by Gasteiger charge is -2.44. The normalized spacial score (nSPS) is 25.1. The minimum atomic E-state index is -0.686. The number of carbonyl (C=O) groups excluding carboxylic acids is 1. The zero-order chi connectivity index (χ0) is 18.0. The summed E-state index contributed by atoms with van der Waals surface area (Å²) in [6.45, 7) is 1.07. The maximum atomic E-state index is 14.6. The molecule has 26 heavy (non-hydrogen) atoms. The summed E-state index contributed by atoms with van der Waals surface area (Å²) in [6.07, 6.45) is 0.601. The molecule has 2 aliphatic rings. The number of ether oxygens (including phenoxy) is 1. The number of thioether (sulfide) groups is 1. The first kappa shape index (κ1) is 17.2. The van der Waals surface area contributed by atoms with E-state index >= 15 is 0 Å². The molecule has 0 bridgehead atoms. The molecule has 1 N–H and O–H groups in total. The number of carbonyl (C=O) groups is 1. The molecule has 0 aromatic heterocycles. The minimum absolute atomic E-state index is 0.0792. The highest BCUT2D eigenvalue weighted by Gasteiger charge is 2.47. The fourth-order valence-corrected chi connectivity index (χ4v) is 4.69. The Morgan fingerprint density at radius 3 is 2.77 bits per heavy atom. The van der Waals surface area contributed by atoms with Crippen LogP contribution in [0.4, 0.5) is 4.39 Å². The lowest BCUT2D eigenvalue weighted by atomic mass is 9.75. The number of nitrogens with zero attached hydrogens (tertiary/aromatic N) is 1. The maximum absolute atomic E-state index is 14.6. The van der Waals surface area contributed by atoms with Crippen molar-refractivity contribution in [2.45, 2.75) is 12.0 Å². The van der Waals surface area contributed by atoms with Crippen LogP contribution in [0.15, 0.2) is 59.6 Å². The van der Waals surface area contributed by atoms with E-state index in [-0.39, 0.29) is 17.6 Å². The summed E-state index contributed by atoms with van der Waals surface area (Å²) in [5.41, 5.74) is 0.471. The zero-order valence-electron chi connectivity index (χ0n) is 14.2. The van der Waals surface area contributed by atoms with Gasteiger partial charge in [0.2, 0.25) is 0 Å². The summed E-state index contributed by atoms with van der Waals surface area (Å²) < 4.78 is 20.2. The number of aliphatic imine (C=N–C) groups is 1. The maximum Gasteiger partial charge on any atom is 0.257 e. The zero-order valence-corrected chi connectivity index (χ0v) is 15.0. The van der Waals surface area contributed by atoms with Crippen molar-refractivity contribution < 1.29 is 13.9 Å². The van der Waals surface area contributed by atoms with Gasteiger partial charge in [0.25, 0.3) is 5.91 Å². The van der Waals surface area contributed by atoms with Gasteiger partial charge in [0.1, 0.15) is 5.82 Å². The van der Waals surface area contributed by atoms with Crippen LogP contribution in [0.5, 0.6) is 0 Å². The molecule has 2 atom stereocenters. The molecule has 2 aromatic carbocycles. The van der Waals surface area contributed by atoms with E-state index < -0.39 is 5.54 Å². The first-order chi connectivity index (χ1) is 12.7. The van der Waals surface area contributed by atoms with Gasteiger partial charge in [-0.1, -0.05) is 48.2 Å². The molecule has 0 saturated carbocycles. The van der Waals surface area contributed by atoms with Crippen molar-refractivity contribution in [3.8, 4) is 0 Å². The second-order valence-electron chi connectivity index (χ2n) is 6.47. The van der Waals surface area contributed by atoms with E-state index in [1.165, 1.54) is 17.8 Å². The van der Waals surface area contributed by atoms with Crippen LogP contribution in [-0.2, 0) is 10.3 Å². The molecule has 1 unspecified atom stereocenters.